The molecule has 0 aliphatic carbocycles. The van der Waals surface area contributed by atoms with Crippen molar-refractivity contribution >= 4 is 23.6 Å². The summed E-state index contributed by atoms with van der Waals surface area (Å²) in [5, 5.41) is 8.70. The minimum atomic E-state index is -0.718. The summed E-state index contributed by atoms with van der Waals surface area (Å²) in [6.45, 7) is 1.92. The third kappa shape index (κ3) is 7.14. The van der Waals surface area contributed by atoms with Gasteiger partial charge < -0.3 is 9.83 Å². The average Bonchev–Trinajstić information content (AvgIpc) is 2.76. The Morgan fingerprint density at radius 3 is 2.52 bits per heavy atom. The second-order valence-corrected chi connectivity index (χ2v) is 8.55. The van der Waals surface area contributed by atoms with Crippen LogP contribution >= 0.6 is 11.9 Å². The van der Waals surface area contributed by atoms with Crippen molar-refractivity contribution in [2.75, 3.05) is 4.72 Å². The number of benzene rings is 3. The Hall–Kier alpha value is -2.79. The number of carbonyl (C=O) groups is 1. The molecule has 0 aliphatic rings. The molecule has 0 unspecified atom stereocenters. The van der Waals surface area contributed by atoms with Crippen LogP contribution in [0.25, 0.3) is 11.1 Å². The number of carboxylic acid groups (broad SMARTS) is 1. The van der Waals surface area contributed by atoms with Gasteiger partial charge in [-0.05, 0) is 79.1 Å². The molecule has 0 bridgehead atoms. The van der Waals surface area contributed by atoms with Crippen LogP contribution in [0.5, 0.6) is 0 Å². The SMILES string of the molecule is Cc1cc(F)cc(-c2ccccc2)c1NSc1cccc(CCCCCCC(=O)O)c1. The molecule has 0 aliphatic heterocycles. The highest BCUT2D eigenvalue weighted by atomic mass is 32.2. The van der Waals surface area contributed by atoms with E-state index < -0.39 is 5.97 Å². The van der Waals surface area contributed by atoms with E-state index in [9.17, 15) is 9.18 Å². The highest BCUT2D eigenvalue weighted by Gasteiger charge is 2.11. The maximum absolute atomic E-state index is 14.1. The molecule has 0 saturated carbocycles. The zero-order chi connectivity index (χ0) is 22.1. The van der Waals surface area contributed by atoms with Crippen LogP contribution in [-0.2, 0) is 11.2 Å². The minimum Gasteiger partial charge on any atom is -0.481 e. The fourth-order valence-corrected chi connectivity index (χ4v) is 4.41. The van der Waals surface area contributed by atoms with Gasteiger partial charge in [-0.3, -0.25) is 4.79 Å². The zero-order valence-electron chi connectivity index (χ0n) is 17.7. The molecule has 162 valence electrons. The molecule has 31 heavy (non-hydrogen) atoms. The van der Waals surface area contributed by atoms with E-state index in [4.69, 9.17) is 5.11 Å². The summed E-state index contributed by atoms with van der Waals surface area (Å²) in [6, 6.07) is 21.4. The third-order valence-corrected chi connectivity index (χ3v) is 5.96. The van der Waals surface area contributed by atoms with Crippen LogP contribution < -0.4 is 4.72 Å². The van der Waals surface area contributed by atoms with Crippen LogP contribution in [-0.4, -0.2) is 11.1 Å². The smallest absolute Gasteiger partial charge is 0.303 e. The van der Waals surface area contributed by atoms with E-state index in [2.05, 4.69) is 29.0 Å². The molecule has 0 heterocycles. The van der Waals surface area contributed by atoms with Crippen LogP contribution in [0.1, 0.15) is 43.2 Å². The first-order chi connectivity index (χ1) is 15.0. The molecule has 0 fully saturated rings. The Bertz CT molecular complexity index is 1010. The summed E-state index contributed by atoms with van der Waals surface area (Å²) in [7, 11) is 0. The number of nitrogens with one attached hydrogen (secondary N) is 1. The number of aryl methyl sites for hydroxylation is 2. The lowest BCUT2D eigenvalue weighted by molar-refractivity contribution is -0.137. The predicted molar refractivity (Wildman–Crippen MR) is 127 cm³/mol. The van der Waals surface area contributed by atoms with Gasteiger partial charge in [0, 0.05) is 16.9 Å². The summed E-state index contributed by atoms with van der Waals surface area (Å²) in [5.74, 6) is -0.957. The Balaban J connectivity index is 1.62. The molecule has 0 spiro atoms. The molecule has 2 N–H and O–H groups in total. The fraction of sp³-hybridized carbons (Fsp3) is 0.269. The van der Waals surface area contributed by atoms with Gasteiger partial charge >= 0.3 is 5.97 Å². The number of unbranched alkanes of at least 4 members (excludes halogenated alkanes) is 3. The number of hydrogen-bond donors (Lipinski definition) is 2. The third-order valence-electron chi connectivity index (χ3n) is 5.16. The Labute approximate surface area is 187 Å². The lowest BCUT2D eigenvalue weighted by Gasteiger charge is -2.15. The maximum Gasteiger partial charge on any atom is 0.303 e. The van der Waals surface area contributed by atoms with Gasteiger partial charge in [0.1, 0.15) is 5.82 Å². The maximum atomic E-state index is 14.1. The highest BCUT2D eigenvalue weighted by molar-refractivity contribution is 8.00. The number of aliphatic carboxylic acids is 1. The van der Waals surface area contributed by atoms with E-state index in [1.165, 1.54) is 17.5 Å². The van der Waals surface area contributed by atoms with Crippen molar-refractivity contribution in [2.45, 2.75) is 50.3 Å². The summed E-state index contributed by atoms with van der Waals surface area (Å²) in [6.07, 6.45) is 5.02. The molecule has 3 aromatic carbocycles. The normalized spacial score (nSPS) is 10.8. The van der Waals surface area contributed by atoms with E-state index in [1.807, 2.05) is 37.3 Å². The Morgan fingerprint density at radius 2 is 1.74 bits per heavy atom. The Morgan fingerprint density at radius 1 is 0.968 bits per heavy atom. The summed E-state index contributed by atoms with van der Waals surface area (Å²) in [5.41, 5.74) is 4.88. The topological polar surface area (TPSA) is 49.3 Å². The van der Waals surface area contributed by atoms with Crippen molar-refractivity contribution < 1.29 is 14.3 Å². The molecular formula is C26H28FNO2S. The van der Waals surface area contributed by atoms with Crippen molar-refractivity contribution in [1.29, 1.82) is 0 Å². The van der Waals surface area contributed by atoms with Gasteiger partial charge in [0.15, 0.2) is 0 Å². The van der Waals surface area contributed by atoms with Gasteiger partial charge in [-0.15, -0.1) is 0 Å². The van der Waals surface area contributed by atoms with E-state index in [0.717, 1.165) is 59.4 Å². The molecule has 3 rings (SSSR count). The molecule has 3 aromatic rings. The standard InChI is InChI=1S/C26H28FNO2S/c1-19-16-22(27)18-24(21-12-6-4-7-13-21)26(19)28-31-23-14-9-11-20(17-23)10-5-2-3-8-15-25(29)30/h4,6-7,9,11-14,16-18,28H,2-3,5,8,10,15H2,1H3,(H,29,30). The molecule has 5 heteroatoms. The van der Waals surface area contributed by atoms with Gasteiger partial charge in [-0.1, -0.05) is 55.3 Å². The molecule has 0 saturated heterocycles. The number of anilines is 1. The van der Waals surface area contributed by atoms with E-state index in [-0.39, 0.29) is 12.2 Å². The van der Waals surface area contributed by atoms with Crippen LogP contribution in [0, 0.1) is 12.7 Å². The van der Waals surface area contributed by atoms with Crippen LogP contribution in [0.4, 0.5) is 10.1 Å². The quantitative estimate of drug-likeness (QED) is 0.241. The minimum absolute atomic E-state index is 0.239. The van der Waals surface area contributed by atoms with Crippen molar-refractivity contribution in [2.24, 2.45) is 0 Å². The van der Waals surface area contributed by atoms with Gasteiger partial charge in [-0.2, -0.15) is 0 Å². The molecule has 0 amide bonds. The Kier molecular flexibility index (Phi) is 8.53. The van der Waals surface area contributed by atoms with Crippen LogP contribution in [0.2, 0.25) is 0 Å². The first-order valence-electron chi connectivity index (χ1n) is 10.6. The largest absolute Gasteiger partial charge is 0.481 e. The summed E-state index contributed by atoms with van der Waals surface area (Å²) >= 11 is 1.53. The van der Waals surface area contributed by atoms with Crippen molar-refractivity contribution in [3.8, 4) is 11.1 Å². The molecular weight excluding hydrogens is 409 g/mol. The van der Waals surface area contributed by atoms with Crippen LogP contribution in [0.3, 0.4) is 0 Å². The van der Waals surface area contributed by atoms with Crippen molar-refractivity contribution in [1.82, 2.24) is 0 Å². The molecule has 0 atom stereocenters. The molecule has 0 aromatic heterocycles. The predicted octanol–water partition coefficient (Wildman–Crippen LogP) is 7.50. The average molecular weight is 438 g/mol. The summed E-state index contributed by atoms with van der Waals surface area (Å²) in [4.78, 5) is 11.7. The lowest BCUT2D eigenvalue weighted by Crippen LogP contribution is -1.96. The second kappa shape index (κ2) is 11.6. The van der Waals surface area contributed by atoms with Crippen LogP contribution in [0.15, 0.2) is 71.6 Å². The van der Waals surface area contributed by atoms with Gasteiger partial charge in [0.25, 0.3) is 0 Å². The molecule has 3 nitrogen and oxygen atoms in total. The van der Waals surface area contributed by atoms with Crippen molar-refractivity contribution in [3.05, 3.63) is 83.7 Å². The van der Waals surface area contributed by atoms with Crippen molar-refractivity contribution in [3.63, 3.8) is 0 Å². The molecule has 0 radical (unpaired) electrons. The first-order valence-corrected chi connectivity index (χ1v) is 11.4. The monoisotopic (exact) mass is 437 g/mol. The fourth-order valence-electron chi connectivity index (χ4n) is 3.56. The van der Waals surface area contributed by atoms with Gasteiger partial charge in [0.2, 0.25) is 0 Å². The zero-order valence-corrected chi connectivity index (χ0v) is 18.6. The summed E-state index contributed by atoms with van der Waals surface area (Å²) < 4.78 is 17.5. The second-order valence-electron chi connectivity index (χ2n) is 7.67. The first kappa shape index (κ1) is 22.9. The number of rotatable bonds is 11. The number of halogens is 1. The lowest BCUT2D eigenvalue weighted by atomic mass is 10.0. The number of carboxylic acids is 1. The highest BCUT2D eigenvalue weighted by Crippen LogP contribution is 2.35. The van der Waals surface area contributed by atoms with Gasteiger partial charge in [-0.25, -0.2) is 4.39 Å². The number of hydrogen-bond acceptors (Lipinski definition) is 3. The van der Waals surface area contributed by atoms with E-state index >= 15 is 0 Å². The van der Waals surface area contributed by atoms with E-state index in [0.29, 0.717) is 0 Å². The van der Waals surface area contributed by atoms with E-state index in [1.54, 1.807) is 12.1 Å². The van der Waals surface area contributed by atoms with Gasteiger partial charge in [0.05, 0.1) is 5.69 Å².